The van der Waals surface area contributed by atoms with E-state index in [-0.39, 0.29) is 5.92 Å². The summed E-state index contributed by atoms with van der Waals surface area (Å²) in [6.45, 7) is 7.65. The monoisotopic (exact) mass is 345 g/mol. The van der Waals surface area contributed by atoms with E-state index in [1.807, 2.05) is 0 Å². The molecule has 0 atom stereocenters. The van der Waals surface area contributed by atoms with Crippen LogP contribution in [0.5, 0.6) is 0 Å². The van der Waals surface area contributed by atoms with E-state index in [1.165, 1.54) is 50.4 Å². The Labute approximate surface area is 151 Å². The van der Waals surface area contributed by atoms with E-state index >= 15 is 0 Å². The molecule has 2 aliphatic heterocycles. The number of nitrogens with zero attached hydrogens (tertiary/aromatic N) is 3. The van der Waals surface area contributed by atoms with Gasteiger partial charge in [-0.25, -0.2) is 0 Å². The molecule has 2 saturated heterocycles. The summed E-state index contributed by atoms with van der Waals surface area (Å²) in [5, 5.41) is 9.10. The lowest BCUT2D eigenvalue weighted by molar-refractivity contribution is -0.142. The van der Waals surface area contributed by atoms with Crippen molar-refractivity contribution >= 4 is 11.7 Å². The van der Waals surface area contributed by atoms with Gasteiger partial charge in [-0.2, -0.15) is 0 Å². The number of carbonyl (C=O) groups is 1. The first-order chi connectivity index (χ1) is 12.1. The molecule has 0 aromatic heterocycles. The van der Waals surface area contributed by atoms with Gasteiger partial charge in [0.05, 0.1) is 5.92 Å². The van der Waals surface area contributed by atoms with Crippen molar-refractivity contribution in [3.05, 3.63) is 29.8 Å². The van der Waals surface area contributed by atoms with Gasteiger partial charge in [0, 0.05) is 45.0 Å². The van der Waals surface area contributed by atoms with E-state index in [9.17, 15) is 4.79 Å². The van der Waals surface area contributed by atoms with Crippen molar-refractivity contribution in [1.29, 1.82) is 0 Å². The minimum Gasteiger partial charge on any atom is -0.481 e. The van der Waals surface area contributed by atoms with E-state index in [2.05, 4.69) is 46.0 Å². The van der Waals surface area contributed by atoms with Crippen LogP contribution in [-0.2, 0) is 11.2 Å². The normalized spacial score (nSPS) is 20.8. The van der Waals surface area contributed by atoms with Gasteiger partial charge in [-0.1, -0.05) is 12.1 Å². The standard InChI is InChI=1S/C20H31N3O2/c1-21-13-15-22(16-14-21)10-2-3-17-4-6-19(7-5-17)23-11-8-18(9-12-23)20(24)25/h4-7,18H,2-3,8-16H2,1H3,(H,24,25). The second-order valence-corrected chi connectivity index (χ2v) is 7.51. The minimum absolute atomic E-state index is 0.162. The molecule has 5 heteroatoms. The molecule has 0 amide bonds. The predicted octanol–water partition coefficient (Wildman–Crippen LogP) is 2.17. The molecule has 0 spiro atoms. The number of carboxylic acid groups (broad SMARTS) is 1. The molecule has 2 fully saturated rings. The Kier molecular flexibility index (Phi) is 6.32. The summed E-state index contributed by atoms with van der Waals surface area (Å²) in [5.74, 6) is -0.805. The minimum atomic E-state index is -0.643. The van der Waals surface area contributed by atoms with Crippen molar-refractivity contribution in [3.63, 3.8) is 0 Å². The zero-order valence-corrected chi connectivity index (χ0v) is 15.4. The van der Waals surface area contributed by atoms with Gasteiger partial charge in [-0.05, 0) is 57.0 Å². The third kappa shape index (κ3) is 5.19. The van der Waals surface area contributed by atoms with Gasteiger partial charge in [0.2, 0.25) is 0 Å². The number of benzene rings is 1. The highest BCUT2D eigenvalue weighted by Gasteiger charge is 2.24. The van der Waals surface area contributed by atoms with Crippen molar-refractivity contribution < 1.29 is 9.90 Å². The van der Waals surface area contributed by atoms with Crippen LogP contribution in [0.15, 0.2) is 24.3 Å². The van der Waals surface area contributed by atoms with Crippen molar-refractivity contribution in [3.8, 4) is 0 Å². The van der Waals surface area contributed by atoms with Crippen LogP contribution in [0.4, 0.5) is 5.69 Å². The maximum Gasteiger partial charge on any atom is 0.306 e. The summed E-state index contributed by atoms with van der Waals surface area (Å²) in [4.78, 5) is 18.3. The molecule has 0 radical (unpaired) electrons. The van der Waals surface area contributed by atoms with Gasteiger partial charge in [-0.3, -0.25) is 4.79 Å². The fourth-order valence-electron chi connectivity index (χ4n) is 3.84. The number of likely N-dealkylation sites (N-methyl/N-ethyl adjacent to an activating group) is 1. The van der Waals surface area contributed by atoms with Crippen LogP contribution in [0.1, 0.15) is 24.8 Å². The van der Waals surface area contributed by atoms with Crippen LogP contribution in [-0.4, -0.2) is 73.7 Å². The smallest absolute Gasteiger partial charge is 0.306 e. The largest absolute Gasteiger partial charge is 0.481 e. The van der Waals surface area contributed by atoms with Gasteiger partial charge < -0.3 is 19.8 Å². The zero-order chi connectivity index (χ0) is 17.6. The molecule has 2 heterocycles. The average Bonchev–Trinajstić information content (AvgIpc) is 2.64. The number of aliphatic carboxylic acids is 1. The third-order valence-corrected chi connectivity index (χ3v) is 5.68. The molecule has 5 nitrogen and oxygen atoms in total. The third-order valence-electron chi connectivity index (χ3n) is 5.68. The second-order valence-electron chi connectivity index (χ2n) is 7.51. The van der Waals surface area contributed by atoms with E-state index < -0.39 is 5.97 Å². The van der Waals surface area contributed by atoms with Crippen LogP contribution in [0.25, 0.3) is 0 Å². The van der Waals surface area contributed by atoms with Crippen LogP contribution >= 0.6 is 0 Å². The first-order valence-corrected chi connectivity index (χ1v) is 9.59. The quantitative estimate of drug-likeness (QED) is 0.856. The van der Waals surface area contributed by atoms with Crippen molar-refractivity contribution in [2.45, 2.75) is 25.7 Å². The molecule has 1 N–H and O–H groups in total. The van der Waals surface area contributed by atoms with E-state index in [0.29, 0.717) is 0 Å². The predicted molar refractivity (Wildman–Crippen MR) is 101 cm³/mol. The van der Waals surface area contributed by atoms with Crippen LogP contribution in [0.3, 0.4) is 0 Å². The van der Waals surface area contributed by atoms with Gasteiger partial charge in [-0.15, -0.1) is 0 Å². The summed E-state index contributed by atoms with van der Waals surface area (Å²) in [7, 11) is 2.20. The van der Waals surface area contributed by atoms with Crippen LogP contribution in [0.2, 0.25) is 0 Å². The molecular formula is C20H31N3O2. The lowest BCUT2D eigenvalue weighted by atomic mass is 9.96. The highest BCUT2D eigenvalue weighted by atomic mass is 16.4. The number of anilines is 1. The molecule has 25 heavy (non-hydrogen) atoms. The van der Waals surface area contributed by atoms with Crippen molar-refractivity contribution in [2.75, 3.05) is 57.8 Å². The van der Waals surface area contributed by atoms with Gasteiger partial charge >= 0.3 is 5.97 Å². The molecule has 138 valence electrons. The molecule has 0 aliphatic carbocycles. The average molecular weight is 345 g/mol. The zero-order valence-electron chi connectivity index (χ0n) is 15.4. The number of carboxylic acids is 1. The Balaban J connectivity index is 1.41. The second kappa shape index (κ2) is 8.68. The van der Waals surface area contributed by atoms with Gasteiger partial charge in [0.15, 0.2) is 0 Å². The van der Waals surface area contributed by atoms with Crippen molar-refractivity contribution in [1.82, 2.24) is 9.80 Å². The highest BCUT2D eigenvalue weighted by Crippen LogP contribution is 2.24. The summed E-state index contributed by atoms with van der Waals surface area (Å²) in [5.41, 5.74) is 2.63. The molecule has 0 saturated carbocycles. The summed E-state index contributed by atoms with van der Waals surface area (Å²) >= 11 is 0. The maximum absolute atomic E-state index is 11.0. The SMILES string of the molecule is CN1CCN(CCCc2ccc(N3CCC(C(=O)O)CC3)cc2)CC1. The molecule has 0 unspecified atom stereocenters. The maximum atomic E-state index is 11.0. The number of aryl methyl sites for hydroxylation is 1. The summed E-state index contributed by atoms with van der Waals surface area (Å²) < 4.78 is 0. The number of piperazine rings is 1. The first kappa shape index (κ1) is 18.2. The highest BCUT2D eigenvalue weighted by molar-refractivity contribution is 5.70. The van der Waals surface area contributed by atoms with Crippen molar-refractivity contribution in [2.24, 2.45) is 5.92 Å². The Hall–Kier alpha value is -1.59. The topological polar surface area (TPSA) is 47.0 Å². The molecule has 1 aromatic rings. The number of hydrogen-bond donors (Lipinski definition) is 1. The number of rotatable bonds is 6. The van der Waals surface area contributed by atoms with E-state index in [0.717, 1.165) is 32.4 Å². The first-order valence-electron chi connectivity index (χ1n) is 9.59. The van der Waals surface area contributed by atoms with Crippen LogP contribution in [0, 0.1) is 5.92 Å². The molecule has 3 rings (SSSR count). The number of hydrogen-bond acceptors (Lipinski definition) is 4. The Bertz CT molecular complexity index is 545. The van der Waals surface area contributed by atoms with E-state index in [4.69, 9.17) is 5.11 Å². The Morgan fingerprint density at radius 3 is 2.28 bits per heavy atom. The van der Waals surface area contributed by atoms with E-state index in [1.54, 1.807) is 0 Å². The molecule has 2 aliphatic rings. The van der Waals surface area contributed by atoms with Crippen LogP contribution < -0.4 is 4.90 Å². The lowest BCUT2D eigenvalue weighted by Crippen LogP contribution is -2.44. The number of piperidine rings is 1. The van der Waals surface area contributed by atoms with Gasteiger partial charge in [0.1, 0.15) is 0 Å². The lowest BCUT2D eigenvalue weighted by Gasteiger charge is -2.32. The summed E-state index contributed by atoms with van der Waals surface area (Å²) in [6, 6.07) is 8.88. The fourth-order valence-corrected chi connectivity index (χ4v) is 3.84. The molecule has 1 aromatic carbocycles. The summed E-state index contributed by atoms with van der Waals surface area (Å²) in [6.07, 6.45) is 3.85. The fraction of sp³-hybridized carbons (Fsp3) is 0.650. The Morgan fingerprint density at radius 1 is 1.04 bits per heavy atom. The Morgan fingerprint density at radius 2 is 1.68 bits per heavy atom. The van der Waals surface area contributed by atoms with Gasteiger partial charge in [0.25, 0.3) is 0 Å². The molecular weight excluding hydrogens is 314 g/mol. The molecule has 0 bridgehead atoms.